The number of ketones is 1. The summed E-state index contributed by atoms with van der Waals surface area (Å²) in [4.78, 5) is 12.6. The summed E-state index contributed by atoms with van der Waals surface area (Å²) in [5.41, 5.74) is 0.500. The quantitative estimate of drug-likeness (QED) is 0.529. The first kappa shape index (κ1) is 18.7. The van der Waals surface area contributed by atoms with Crippen molar-refractivity contribution in [1.82, 2.24) is 10.0 Å². The lowest BCUT2D eigenvalue weighted by Gasteiger charge is -2.33. The zero-order valence-electron chi connectivity index (χ0n) is 14.5. The van der Waals surface area contributed by atoms with Crippen LogP contribution in [0.5, 0.6) is 11.5 Å². The molecule has 1 aliphatic rings. The predicted molar refractivity (Wildman–Crippen MR) is 91.3 cm³/mol. The van der Waals surface area contributed by atoms with Crippen LogP contribution in [-0.2, 0) is 9.84 Å². The fourth-order valence-electron chi connectivity index (χ4n) is 2.86. The van der Waals surface area contributed by atoms with Gasteiger partial charge in [0.2, 0.25) is 0 Å². The Kier molecular flexibility index (Phi) is 5.84. The molecule has 1 aromatic rings. The Balaban J connectivity index is 2.16. The highest BCUT2D eigenvalue weighted by atomic mass is 32.2. The molecule has 1 aliphatic heterocycles. The summed E-state index contributed by atoms with van der Waals surface area (Å²) >= 11 is 0. The molecule has 8 heteroatoms. The van der Waals surface area contributed by atoms with Gasteiger partial charge in [-0.1, -0.05) is 0 Å². The maximum absolute atomic E-state index is 12.6. The van der Waals surface area contributed by atoms with Crippen LogP contribution in [0.2, 0.25) is 0 Å². The minimum Gasteiger partial charge on any atom is -0.493 e. The average Bonchev–Trinajstić information content (AvgIpc) is 2.90. The van der Waals surface area contributed by atoms with Crippen molar-refractivity contribution in [2.45, 2.75) is 12.5 Å². The molecule has 0 saturated carbocycles. The van der Waals surface area contributed by atoms with Gasteiger partial charge in [-0.15, -0.1) is 0 Å². The molecule has 0 aliphatic carbocycles. The lowest BCUT2D eigenvalue weighted by molar-refractivity contribution is -0.00425. The van der Waals surface area contributed by atoms with Gasteiger partial charge in [0.05, 0.1) is 32.3 Å². The van der Waals surface area contributed by atoms with Crippen LogP contribution in [0.25, 0.3) is 0 Å². The number of Topliss-reactive ketones (excluding diaryl/α,β-unsaturated/α-hetero) is 1. The molecule has 0 bridgehead atoms. The average molecular weight is 356 g/mol. The van der Waals surface area contributed by atoms with Gasteiger partial charge in [-0.3, -0.25) is 4.79 Å². The van der Waals surface area contributed by atoms with Crippen LogP contribution in [0.3, 0.4) is 0 Å². The van der Waals surface area contributed by atoms with Gasteiger partial charge in [-0.25, -0.2) is 18.4 Å². The third-order valence-corrected chi connectivity index (χ3v) is 5.91. The van der Waals surface area contributed by atoms with Gasteiger partial charge >= 0.3 is 0 Å². The molecular formula is C16H24N2O5S. The number of rotatable bonds is 7. The van der Waals surface area contributed by atoms with E-state index < -0.39 is 9.84 Å². The van der Waals surface area contributed by atoms with Crippen molar-refractivity contribution >= 4 is 15.6 Å². The molecule has 1 heterocycles. The minimum absolute atomic E-state index is 0.0877. The highest BCUT2D eigenvalue weighted by Gasteiger charge is 2.34. The third-order valence-electron chi connectivity index (χ3n) is 4.15. The van der Waals surface area contributed by atoms with Crippen LogP contribution >= 0.6 is 0 Å². The summed E-state index contributed by atoms with van der Waals surface area (Å²) in [5, 5.41) is 3.59. The molecule has 1 saturated heterocycles. The van der Waals surface area contributed by atoms with E-state index >= 15 is 0 Å². The Morgan fingerprint density at radius 1 is 1.21 bits per heavy atom. The van der Waals surface area contributed by atoms with Crippen molar-refractivity contribution in [1.29, 1.82) is 0 Å². The molecule has 1 atom stereocenters. The van der Waals surface area contributed by atoms with Crippen LogP contribution in [0.1, 0.15) is 16.8 Å². The summed E-state index contributed by atoms with van der Waals surface area (Å²) in [5.74, 6) is 1.20. The van der Waals surface area contributed by atoms with E-state index in [9.17, 15) is 13.2 Å². The fourth-order valence-corrected chi connectivity index (χ4v) is 4.58. The van der Waals surface area contributed by atoms with Crippen LogP contribution in [-0.4, -0.2) is 76.6 Å². The van der Waals surface area contributed by atoms with E-state index in [1.165, 1.54) is 14.2 Å². The largest absolute Gasteiger partial charge is 0.493 e. The van der Waals surface area contributed by atoms with E-state index in [-0.39, 0.29) is 29.9 Å². The highest BCUT2D eigenvalue weighted by Crippen LogP contribution is 2.28. The summed E-state index contributed by atoms with van der Waals surface area (Å²) in [6.07, 6.45) is 0.541. The van der Waals surface area contributed by atoms with Crippen molar-refractivity contribution in [3.63, 3.8) is 0 Å². The number of hydrogen-bond acceptors (Lipinski definition) is 7. The van der Waals surface area contributed by atoms with E-state index in [1.807, 2.05) is 19.1 Å². The summed E-state index contributed by atoms with van der Waals surface area (Å²) in [7, 11) is 3.67. The standard InChI is InChI=1S/C16H24N2O5S/c1-17(2)18(13-7-8-24(20,21)11-13)10-14(19)12-5-6-15(22-3)16(9-12)23-4/h5-6,9,13H,7-8,10-11H2,1-4H3/t13-/m0/s1. The first-order chi connectivity index (χ1) is 11.3. The van der Waals surface area contributed by atoms with Gasteiger partial charge in [-0.2, -0.15) is 0 Å². The Labute approximate surface area is 143 Å². The Hall–Kier alpha value is -1.64. The van der Waals surface area contributed by atoms with Gasteiger partial charge in [0, 0.05) is 25.7 Å². The second kappa shape index (κ2) is 7.50. The topological polar surface area (TPSA) is 76.2 Å². The predicted octanol–water partition coefficient (Wildman–Crippen LogP) is 0.852. The fraction of sp³-hybridized carbons (Fsp3) is 0.562. The molecule has 0 aromatic heterocycles. The summed E-state index contributed by atoms with van der Waals surface area (Å²) in [6, 6.07) is 4.84. The molecular weight excluding hydrogens is 332 g/mol. The van der Waals surface area contributed by atoms with Crippen LogP contribution in [0.15, 0.2) is 18.2 Å². The maximum Gasteiger partial charge on any atom is 0.178 e. The minimum atomic E-state index is -3.01. The van der Waals surface area contributed by atoms with Crippen LogP contribution < -0.4 is 9.47 Å². The Morgan fingerprint density at radius 2 is 1.88 bits per heavy atom. The van der Waals surface area contributed by atoms with Crippen LogP contribution in [0.4, 0.5) is 0 Å². The molecule has 2 rings (SSSR count). The number of benzene rings is 1. The normalized spacial score (nSPS) is 19.7. The third kappa shape index (κ3) is 4.25. The second-order valence-corrected chi connectivity index (χ2v) is 8.22. The highest BCUT2D eigenvalue weighted by molar-refractivity contribution is 7.91. The lowest BCUT2D eigenvalue weighted by atomic mass is 10.1. The first-order valence-electron chi connectivity index (χ1n) is 7.67. The van der Waals surface area contributed by atoms with Gasteiger partial charge < -0.3 is 9.47 Å². The number of nitrogens with zero attached hydrogens (tertiary/aromatic N) is 2. The molecule has 0 spiro atoms. The van der Waals surface area contributed by atoms with Crippen LogP contribution in [0, 0.1) is 0 Å². The number of carbonyl (C=O) groups is 1. The van der Waals surface area contributed by atoms with E-state index in [2.05, 4.69) is 0 Å². The second-order valence-electron chi connectivity index (χ2n) is 5.99. The molecule has 0 unspecified atom stereocenters. The monoisotopic (exact) mass is 356 g/mol. The van der Waals surface area contributed by atoms with Gasteiger partial charge in [-0.05, 0) is 24.6 Å². The number of methoxy groups -OCH3 is 2. The van der Waals surface area contributed by atoms with Gasteiger partial charge in [0.15, 0.2) is 27.1 Å². The number of hydrogen-bond donors (Lipinski definition) is 0. The summed E-state index contributed by atoms with van der Waals surface area (Å²) < 4.78 is 33.8. The summed E-state index contributed by atoms with van der Waals surface area (Å²) in [6.45, 7) is 0.114. The van der Waals surface area contributed by atoms with E-state index in [4.69, 9.17) is 9.47 Å². The Morgan fingerprint density at radius 3 is 2.38 bits per heavy atom. The van der Waals surface area contributed by atoms with Crippen molar-refractivity contribution in [3.8, 4) is 11.5 Å². The smallest absolute Gasteiger partial charge is 0.178 e. The molecule has 24 heavy (non-hydrogen) atoms. The van der Waals surface area contributed by atoms with E-state index in [1.54, 1.807) is 23.2 Å². The molecule has 0 N–H and O–H groups in total. The van der Waals surface area contributed by atoms with E-state index in [0.29, 0.717) is 23.5 Å². The molecule has 1 fully saturated rings. The number of sulfone groups is 1. The van der Waals surface area contributed by atoms with Crippen molar-refractivity contribution in [2.24, 2.45) is 0 Å². The van der Waals surface area contributed by atoms with Gasteiger partial charge in [0.1, 0.15) is 0 Å². The van der Waals surface area contributed by atoms with Crippen molar-refractivity contribution in [2.75, 3.05) is 46.4 Å². The number of ether oxygens (including phenoxy) is 2. The zero-order chi connectivity index (χ0) is 17.9. The van der Waals surface area contributed by atoms with Crippen molar-refractivity contribution < 1.29 is 22.7 Å². The SMILES string of the molecule is COc1ccc(C(=O)CN([C@H]2CCS(=O)(=O)C2)N(C)C)cc1OC. The molecule has 134 valence electrons. The Bertz CT molecular complexity index is 702. The van der Waals surface area contributed by atoms with Gasteiger partial charge in [0.25, 0.3) is 0 Å². The first-order valence-corrected chi connectivity index (χ1v) is 9.49. The van der Waals surface area contributed by atoms with E-state index in [0.717, 1.165) is 0 Å². The van der Waals surface area contributed by atoms with Crippen molar-refractivity contribution in [3.05, 3.63) is 23.8 Å². The molecule has 0 radical (unpaired) electrons. The molecule has 1 aromatic carbocycles. The molecule has 7 nitrogen and oxygen atoms in total. The molecule has 0 amide bonds. The number of carbonyl (C=O) groups excluding carboxylic acids is 1. The lowest BCUT2D eigenvalue weighted by Crippen LogP contribution is -2.48. The maximum atomic E-state index is 12.6. The zero-order valence-corrected chi connectivity index (χ0v) is 15.3. The number of hydrazine groups is 1.